The number of nitrogens with one attached hydrogen (secondary N) is 2. The molecule has 1 rings (SSSR count). The van der Waals surface area contributed by atoms with Gasteiger partial charge in [0.05, 0.1) is 11.4 Å². The molecule has 0 aliphatic carbocycles. The number of aromatic nitrogens is 2. The zero-order valence-electron chi connectivity index (χ0n) is 8.59. The number of hydrogen-bond donors (Lipinski definition) is 2. The topological polar surface area (TPSA) is 74.8 Å². The van der Waals surface area contributed by atoms with Crippen molar-refractivity contribution in [2.45, 2.75) is 32.1 Å². The Bertz CT molecular complexity index is 389. The van der Waals surface area contributed by atoms with Crippen molar-refractivity contribution in [3.63, 3.8) is 0 Å². The zero-order valence-corrected chi connectivity index (χ0v) is 9.40. The number of aromatic amines is 1. The number of rotatable bonds is 4. The number of sulfonamides is 1. The van der Waals surface area contributed by atoms with E-state index in [9.17, 15) is 8.42 Å². The molecular weight excluding hydrogens is 202 g/mol. The van der Waals surface area contributed by atoms with Gasteiger partial charge in [0.25, 0.3) is 0 Å². The molecule has 0 spiro atoms. The van der Waals surface area contributed by atoms with Crippen LogP contribution in [0, 0.1) is 13.8 Å². The molecule has 0 saturated heterocycles. The molecule has 0 unspecified atom stereocenters. The number of nitrogens with zero attached hydrogens (tertiary/aromatic N) is 1. The summed E-state index contributed by atoms with van der Waals surface area (Å²) in [7, 11) is -3.38. The fraction of sp³-hybridized carbons (Fsp3) is 0.625. The first-order valence-electron chi connectivity index (χ1n) is 4.50. The standard InChI is InChI=1S/C8H15N3O2S/c1-4-5-9-14(12,13)8-6(2)10-11-7(8)3/h9H,4-5H2,1-3H3,(H,10,11). The minimum Gasteiger partial charge on any atom is -0.281 e. The maximum absolute atomic E-state index is 11.7. The van der Waals surface area contributed by atoms with Gasteiger partial charge in [-0.05, 0) is 20.3 Å². The molecule has 0 radical (unpaired) electrons. The van der Waals surface area contributed by atoms with Crippen LogP contribution in [-0.4, -0.2) is 25.2 Å². The molecule has 0 aromatic carbocycles. The van der Waals surface area contributed by atoms with Gasteiger partial charge in [-0.25, -0.2) is 13.1 Å². The Morgan fingerprint density at radius 3 is 2.50 bits per heavy atom. The van der Waals surface area contributed by atoms with Crippen LogP contribution in [-0.2, 0) is 10.0 Å². The van der Waals surface area contributed by atoms with Gasteiger partial charge in [0.15, 0.2) is 0 Å². The van der Waals surface area contributed by atoms with E-state index in [2.05, 4.69) is 14.9 Å². The fourth-order valence-electron chi connectivity index (χ4n) is 1.25. The van der Waals surface area contributed by atoms with Gasteiger partial charge < -0.3 is 0 Å². The zero-order chi connectivity index (χ0) is 10.8. The highest BCUT2D eigenvalue weighted by Gasteiger charge is 2.20. The van der Waals surface area contributed by atoms with Gasteiger partial charge in [0.2, 0.25) is 10.0 Å². The molecule has 0 saturated carbocycles. The first-order chi connectivity index (χ1) is 6.49. The Labute approximate surface area is 84.0 Å². The summed E-state index contributed by atoms with van der Waals surface area (Å²) in [6.45, 7) is 5.73. The highest BCUT2D eigenvalue weighted by Crippen LogP contribution is 2.15. The second-order valence-corrected chi connectivity index (χ2v) is 4.86. The Morgan fingerprint density at radius 1 is 1.43 bits per heavy atom. The minimum atomic E-state index is -3.38. The Balaban J connectivity index is 3.04. The van der Waals surface area contributed by atoms with E-state index in [0.29, 0.717) is 17.9 Å². The third-order valence-electron chi connectivity index (χ3n) is 1.87. The number of H-pyrrole nitrogens is 1. The maximum Gasteiger partial charge on any atom is 0.244 e. The highest BCUT2D eigenvalue weighted by atomic mass is 32.2. The lowest BCUT2D eigenvalue weighted by Crippen LogP contribution is -2.25. The van der Waals surface area contributed by atoms with Crippen LogP contribution in [0.2, 0.25) is 0 Å². The lowest BCUT2D eigenvalue weighted by atomic mass is 10.4. The molecule has 0 aliphatic heterocycles. The quantitative estimate of drug-likeness (QED) is 0.780. The van der Waals surface area contributed by atoms with E-state index < -0.39 is 10.0 Å². The summed E-state index contributed by atoms with van der Waals surface area (Å²) in [5, 5.41) is 6.50. The maximum atomic E-state index is 11.7. The van der Waals surface area contributed by atoms with Crippen molar-refractivity contribution in [3.8, 4) is 0 Å². The Hall–Kier alpha value is -0.880. The first-order valence-corrected chi connectivity index (χ1v) is 5.98. The van der Waals surface area contributed by atoms with Crippen LogP contribution in [0.4, 0.5) is 0 Å². The highest BCUT2D eigenvalue weighted by molar-refractivity contribution is 7.89. The van der Waals surface area contributed by atoms with Crippen molar-refractivity contribution in [1.29, 1.82) is 0 Å². The van der Waals surface area contributed by atoms with Gasteiger partial charge in [-0.2, -0.15) is 5.10 Å². The van der Waals surface area contributed by atoms with E-state index >= 15 is 0 Å². The lowest BCUT2D eigenvalue weighted by molar-refractivity contribution is 0.579. The average molecular weight is 217 g/mol. The summed E-state index contributed by atoms with van der Waals surface area (Å²) >= 11 is 0. The number of aryl methyl sites for hydroxylation is 2. The van der Waals surface area contributed by atoms with Gasteiger partial charge in [0.1, 0.15) is 4.90 Å². The van der Waals surface area contributed by atoms with Crippen LogP contribution in [0.25, 0.3) is 0 Å². The summed E-state index contributed by atoms with van der Waals surface area (Å²) in [5.41, 5.74) is 1.08. The van der Waals surface area contributed by atoms with Gasteiger partial charge in [0, 0.05) is 6.54 Å². The summed E-state index contributed by atoms with van der Waals surface area (Å²) < 4.78 is 26.0. The van der Waals surface area contributed by atoms with Crippen molar-refractivity contribution in [2.24, 2.45) is 0 Å². The van der Waals surface area contributed by atoms with Crippen LogP contribution in [0.5, 0.6) is 0 Å². The SMILES string of the molecule is CCCNS(=O)(=O)c1c(C)n[nH]c1C. The molecule has 1 aromatic heterocycles. The fourth-order valence-corrected chi connectivity index (χ4v) is 2.75. The van der Waals surface area contributed by atoms with Crippen LogP contribution in [0.3, 0.4) is 0 Å². The predicted octanol–water partition coefficient (Wildman–Crippen LogP) is 0.715. The van der Waals surface area contributed by atoms with Gasteiger partial charge in [-0.1, -0.05) is 6.92 Å². The smallest absolute Gasteiger partial charge is 0.244 e. The second kappa shape index (κ2) is 4.10. The van der Waals surface area contributed by atoms with Crippen molar-refractivity contribution in [3.05, 3.63) is 11.4 Å². The van der Waals surface area contributed by atoms with Crippen molar-refractivity contribution >= 4 is 10.0 Å². The molecule has 2 N–H and O–H groups in total. The number of hydrogen-bond acceptors (Lipinski definition) is 3. The molecule has 0 atom stereocenters. The summed E-state index contributed by atoms with van der Waals surface area (Å²) in [5.74, 6) is 0. The normalized spacial score (nSPS) is 11.9. The monoisotopic (exact) mass is 217 g/mol. The van der Waals surface area contributed by atoms with Crippen molar-refractivity contribution in [2.75, 3.05) is 6.54 Å². The van der Waals surface area contributed by atoms with Crippen LogP contribution in [0.15, 0.2) is 4.90 Å². The van der Waals surface area contributed by atoms with Crippen LogP contribution >= 0.6 is 0 Å². The molecule has 1 aromatic rings. The van der Waals surface area contributed by atoms with E-state index in [1.807, 2.05) is 6.92 Å². The molecule has 0 amide bonds. The Morgan fingerprint density at radius 2 is 2.07 bits per heavy atom. The van der Waals surface area contributed by atoms with Gasteiger partial charge in [-0.15, -0.1) is 0 Å². The molecule has 0 aliphatic rings. The van der Waals surface area contributed by atoms with Gasteiger partial charge in [-0.3, -0.25) is 5.10 Å². The first kappa shape index (κ1) is 11.2. The molecule has 14 heavy (non-hydrogen) atoms. The van der Waals surface area contributed by atoms with Crippen LogP contribution in [0.1, 0.15) is 24.7 Å². The minimum absolute atomic E-state index is 0.269. The van der Waals surface area contributed by atoms with E-state index in [0.717, 1.165) is 6.42 Å². The third-order valence-corrected chi connectivity index (χ3v) is 3.59. The molecular formula is C8H15N3O2S. The Kier molecular flexibility index (Phi) is 3.28. The summed E-state index contributed by atoms with van der Waals surface area (Å²) in [6, 6.07) is 0. The largest absolute Gasteiger partial charge is 0.281 e. The van der Waals surface area contributed by atoms with E-state index in [1.54, 1.807) is 13.8 Å². The van der Waals surface area contributed by atoms with E-state index in [4.69, 9.17) is 0 Å². The summed E-state index contributed by atoms with van der Waals surface area (Å²) in [4.78, 5) is 0.269. The van der Waals surface area contributed by atoms with Crippen molar-refractivity contribution < 1.29 is 8.42 Å². The third kappa shape index (κ3) is 2.13. The average Bonchev–Trinajstić information content (AvgIpc) is 2.43. The molecule has 0 fully saturated rings. The molecule has 80 valence electrons. The summed E-state index contributed by atoms with van der Waals surface area (Å²) in [6.07, 6.45) is 0.773. The second-order valence-electron chi connectivity index (χ2n) is 3.16. The molecule has 6 heteroatoms. The van der Waals surface area contributed by atoms with Crippen LogP contribution < -0.4 is 4.72 Å². The predicted molar refractivity (Wildman–Crippen MR) is 53.5 cm³/mol. The molecule has 0 bridgehead atoms. The molecule has 5 nitrogen and oxygen atoms in total. The molecule has 1 heterocycles. The van der Waals surface area contributed by atoms with E-state index in [1.165, 1.54) is 0 Å². The van der Waals surface area contributed by atoms with Gasteiger partial charge >= 0.3 is 0 Å². The lowest BCUT2D eigenvalue weighted by Gasteiger charge is -2.04. The van der Waals surface area contributed by atoms with Crippen molar-refractivity contribution in [1.82, 2.24) is 14.9 Å². The van der Waals surface area contributed by atoms with E-state index in [-0.39, 0.29) is 4.90 Å².